The number of ether oxygens (including phenoxy) is 1. The molecule has 1 amide bonds. The highest BCUT2D eigenvalue weighted by Crippen LogP contribution is 2.11. The molecule has 1 aromatic heterocycles. The molecule has 0 atom stereocenters. The molecule has 1 aliphatic heterocycles. The number of guanidine groups is 1. The van der Waals surface area contributed by atoms with E-state index in [1.807, 2.05) is 45.1 Å². The highest BCUT2D eigenvalue weighted by atomic mass is 127. The van der Waals surface area contributed by atoms with Gasteiger partial charge in [0.05, 0.1) is 6.20 Å². The van der Waals surface area contributed by atoms with Crippen molar-refractivity contribution in [1.29, 1.82) is 0 Å². The molecule has 9 heteroatoms. The summed E-state index contributed by atoms with van der Waals surface area (Å²) < 4.78 is 7.16. The maximum atomic E-state index is 12.0. The standard InChI is InChI=1S/C16H28N6O2.HI/c1-16(2,3)24-15(23)22-9-7-21(8-10-22)14(17)18-6-5-13-11-19-20(4)12-13;/h11-12H,5-10H2,1-4H3,(H2,17,18);1H. The predicted molar refractivity (Wildman–Crippen MR) is 108 cm³/mol. The fourth-order valence-electron chi connectivity index (χ4n) is 2.45. The molecule has 0 unspecified atom stereocenters. The van der Waals surface area contributed by atoms with Crippen LogP contribution in [-0.4, -0.2) is 70.0 Å². The molecule has 0 saturated carbocycles. The van der Waals surface area contributed by atoms with Gasteiger partial charge in [-0.2, -0.15) is 5.10 Å². The van der Waals surface area contributed by atoms with Crippen LogP contribution in [-0.2, 0) is 18.2 Å². The predicted octanol–water partition coefficient (Wildman–Crippen LogP) is 1.45. The number of nitrogens with two attached hydrogens (primary N) is 1. The van der Waals surface area contributed by atoms with Gasteiger partial charge >= 0.3 is 6.09 Å². The summed E-state index contributed by atoms with van der Waals surface area (Å²) in [4.78, 5) is 20.2. The van der Waals surface area contributed by atoms with Crippen molar-refractivity contribution in [2.75, 3.05) is 32.7 Å². The second-order valence-corrected chi connectivity index (χ2v) is 6.97. The van der Waals surface area contributed by atoms with E-state index in [2.05, 4.69) is 10.1 Å². The molecule has 0 spiro atoms. The summed E-state index contributed by atoms with van der Waals surface area (Å²) in [6.45, 7) is 8.75. The van der Waals surface area contributed by atoms with E-state index < -0.39 is 5.60 Å². The van der Waals surface area contributed by atoms with Crippen LogP contribution in [0.25, 0.3) is 0 Å². The van der Waals surface area contributed by atoms with E-state index in [-0.39, 0.29) is 30.1 Å². The SMILES string of the molecule is Cn1cc(CCN=C(N)N2CCN(C(=O)OC(C)(C)C)CC2)cn1.I. The fourth-order valence-corrected chi connectivity index (χ4v) is 2.45. The molecule has 0 radical (unpaired) electrons. The van der Waals surface area contributed by atoms with Crippen molar-refractivity contribution in [3.05, 3.63) is 18.0 Å². The molecule has 0 aliphatic carbocycles. The molecule has 25 heavy (non-hydrogen) atoms. The fraction of sp³-hybridized carbons (Fsp3) is 0.688. The third kappa shape index (κ3) is 7.09. The topological polar surface area (TPSA) is 89.0 Å². The molecule has 0 bridgehead atoms. The first-order valence-corrected chi connectivity index (χ1v) is 8.25. The number of carbonyl (C=O) groups is 1. The van der Waals surface area contributed by atoms with Gasteiger partial charge in [0.15, 0.2) is 5.96 Å². The maximum absolute atomic E-state index is 12.0. The molecule has 2 heterocycles. The normalized spacial score (nSPS) is 15.8. The summed E-state index contributed by atoms with van der Waals surface area (Å²) in [5.74, 6) is 0.530. The van der Waals surface area contributed by atoms with Gasteiger partial charge in [0.2, 0.25) is 0 Å². The van der Waals surface area contributed by atoms with Gasteiger partial charge < -0.3 is 20.3 Å². The number of amides is 1. The molecule has 1 aliphatic rings. The number of aryl methyl sites for hydroxylation is 1. The number of hydrogen-bond donors (Lipinski definition) is 1. The number of nitrogens with zero attached hydrogens (tertiary/aromatic N) is 5. The van der Waals surface area contributed by atoms with Gasteiger partial charge in [0, 0.05) is 46.0 Å². The van der Waals surface area contributed by atoms with Crippen LogP contribution in [0.2, 0.25) is 0 Å². The van der Waals surface area contributed by atoms with Crippen LogP contribution in [0, 0.1) is 0 Å². The van der Waals surface area contributed by atoms with Crippen LogP contribution in [0.1, 0.15) is 26.3 Å². The van der Waals surface area contributed by atoms with Crippen LogP contribution in [0.3, 0.4) is 0 Å². The number of piperazine rings is 1. The van der Waals surface area contributed by atoms with Crippen LogP contribution in [0.4, 0.5) is 4.79 Å². The van der Waals surface area contributed by atoms with Crippen molar-refractivity contribution >= 4 is 36.0 Å². The third-order valence-corrected chi connectivity index (χ3v) is 3.69. The average molecular weight is 464 g/mol. The Morgan fingerprint density at radius 2 is 1.88 bits per heavy atom. The van der Waals surface area contributed by atoms with Gasteiger partial charge in [-0.1, -0.05) is 0 Å². The van der Waals surface area contributed by atoms with Crippen LogP contribution in [0.5, 0.6) is 0 Å². The lowest BCUT2D eigenvalue weighted by molar-refractivity contribution is 0.0186. The third-order valence-electron chi connectivity index (χ3n) is 3.69. The number of halogens is 1. The summed E-state index contributed by atoms with van der Waals surface area (Å²) >= 11 is 0. The second-order valence-electron chi connectivity index (χ2n) is 6.97. The number of aromatic nitrogens is 2. The molecule has 2 rings (SSSR count). The zero-order valence-electron chi connectivity index (χ0n) is 15.4. The quantitative estimate of drug-likeness (QED) is 0.416. The lowest BCUT2D eigenvalue weighted by Gasteiger charge is -2.36. The molecule has 1 aromatic rings. The summed E-state index contributed by atoms with van der Waals surface area (Å²) in [6.07, 6.45) is 4.36. The maximum Gasteiger partial charge on any atom is 0.410 e. The minimum atomic E-state index is -0.471. The Morgan fingerprint density at radius 3 is 2.40 bits per heavy atom. The van der Waals surface area contributed by atoms with Gasteiger partial charge in [-0.3, -0.25) is 9.67 Å². The Balaban J connectivity index is 0.00000312. The lowest BCUT2D eigenvalue weighted by Crippen LogP contribution is -2.53. The Kier molecular flexibility index (Phi) is 7.97. The van der Waals surface area contributed by atoms with E-state index in [1.54, 1.807) is 9.58 Å². The summed E-state index contributed by atoms with van der Waals surface area (Å²) in [7, 11) is 1.89. The Bertz CT molecular complexity index is 588. The van der Waals surface area contributed by atoms with E-state index in [4.69, 9.17) is 10.5 Å². The largest absolute Gasteiger partial charge is 0.444 e. The lowest BCUT2D eigenvalue weighted by atomic mass is 10.2. The smallest absolute Gasteiger partial charge is 0.410 e. The second kappa shape index (κ2) is 9.25. The molecular formula is C16H29IN6O2. The van der Waals surface area contributed by atoms with Gasteiger partial charge in [0.25, 0.3) is 0 Å². The average Bonchev–Trinajstić information content (AvgIpc) is 2.91. The van der Waals surface area contributed by atoms with E-state index in [1.165, 1.54) is 0 Å². The number of aliphatic imine (C=N–C) groups is 1. The van der Waals surface area contributed by atoms with Crippen molar-refractivity contribution in [1.82, 2.24) is 19.6 Å². The number of carbonyl (C=O) groups excluding carboxylic acids is 1. The number of hydrogen-bond acceptors (Lipinski definition) is 4. The minimum absolute atomic E-state index is 0. The van der Waals surface area contributed by atoms with Crippen LogP contribution < -0.4 is 5.73 Å². The van der Waals surface area contributed by atoms with Crippen molar-refractivity contribution in [2.24, 2.45) is 17.8 Å². The highest BCUT2D eigenvalue weighted by Gasteiger charge is 2.26. The first-order chi connectivity index (χ1) is 11.2. The molecule has 1 saturated heterocycles. The van der Waals surface area contributed by atoms with Crippen molar-refractivity contribution < 1.29 is 9.53 Å². The van der Waals surface area contributed by atoms with Crippen LogP contribution in [0.15, 0.2) is 17.4 Å². The Morgan fingerprint density at radius 1 is 1.28 bits per heavy atom. The van der Waals surface area contributed by atoms with Crippen LogP contribution >= 0.6 is 24.0 Å². The number of rotatable bonds is 3. The summed E-state index contributed by atoms with van der Waals surface area (Å²) in [5, 5.41) is 4.13. The van der Waals surface area contributed by atoms with Gasteiger partial charge in [0.1, 0.15) is 5.60 Å². The van der Waals surface area contributed by atoms with Gasteiger partial charge in [-0.05, 0) is 32.8 Å². The molecular weight excluding hydrogens is 435 g/mol. The van der Waals surface area contributed by atoms with Crippen molar-refractivity contribution in [3.8, 4) is 0 Å². The molecule has 1 fully saturated rings. The summed E-state index contributed by atoms with van der Waals surface area (Å²) in [6, 6.07) is 0. The molecule has 8 nitrogen and oxygen atoms in total. The van der Waals surface area contributed by atoms with E-state index in [0.29, 0.717) is 38.7 Å². The zero-order valence-corrected chi connectivity index (χ0v) is 17.8. The first-order valence-electron chi connectivity index (χ1n) is 8.25. The van der Waals surface area contributed by atoms with Gasteiger partial charge in [-0.25, -0.2) is 4.79 Å². The molecule has 142 valence electrons. The zero-order chi connectivity index (χ0) is 17.7. The molecule has 0 aromatic carbocycles. The molecule has 2 N–H and O–H groups in total. The van der Waals surface area contributed by atoms with Gasteiger partial charge in [-0.15, -0.1) is 24.0 Å². The first kappa shape index (κ1) is 21.5. The monoisotopic (exact) mass is 464 g/mol. The Hall–Kier alpha value is -1.52. The minimum Gasteiger partial charge on any atom is -0.444 e. The van der Waals surface area contributed by atoms with E-state index in [9.17, 15) is 4.79 Å². The Labute approximate surface area is 166 Å². The van der Waals surface area contributed by atoms with Crippen molar-refractivity contribution in [2.45, 2.75) is 32.8 Å². The van der Waals surface area contributed by atoms with E-state index >= 15 is 0 Å². The highest BCUT2D eigenvalue weighted by molar-refractivity contribution is 14.0. The summed E-state index contributed by atoms with van der Waals surface area (Å²) in [5.41, 5.74) is 6.73. The van der Waals surface area contributed by atoms with E-state index in [0.717, 1.165) is 12.0 Å². The van der Waals surface area contributed by atoms with Crippen molar-refractivity contribution in [3.63, 3.8) is 0 Å².